The van der Waals surface area contributed by atoms with E-state index in [2.05, 4.69) is 47.9 Å². The Hall–Kier alpha value is -4.01. The molecule has 196 valence electrons. The molecule has 0 unspecified atom stereocenters. The first-order chi connectivity index (χ1) is 19.0. The topological polar surface area (TPSA) is 65.6 Å². The molecule has 2 aromatic carbocycles. The summed E-state index contributed by atoms with van der Waals surface area (Å²) in [6.07, 6.45) is 1.98. The fraction of sp³-hybridized carbons (Fsp3) is 0.194. The number of ether oxygens (including phenoxy) is 1. The van der Waals surface area contributed by atoms with Crippen molar-refractivity contribution >= 4 is 45.6 Å². The Bertz CT molecular complexity index is 1910. The number of carbonyl (C=O) groups excluding carboxylic acids is 1. The maximum absolute atomic E-state index is 14.0. The SMILES string of the molecule is CCOC(=O)C1=C(C)N=c2s/c(=C\c3c(C)n(Cc4ccccc4)c4ccccc34)c(=O)n2[C@H]1c1cccs1. The van der Waals surface area contributed by atoms with Crippen LogP contribution in [0.2, 0.25) is 0 Å². The van der Waals surface area contributed by atoms with Gasteiger partial charge in [-0.05, 0) is 49.9 Å². The zero-order chi connectivity index (χ0) is 27.1. The fourth-order valence-corrected chi connectivity index (χ4v) is 7.10. The average Bonchev–Trinajstić information content (AvgIpc) is 3.64. The van der Waals surface area contributed by atoms with Crippen molar-refractivity contribution in [2.45, 2.75) is 33.4 Å². The number of allylic oxidation sites excluding steroid dienone is 1. The molecule has 3 aromatic heterocycles. The van der Waals surface area contributed by atoms with Gasteiger partial charge in [-0.25, -0.2) is 9.79 Å². The number of nitrogens with zero attached hydrogens (tertiary/aromatic N) is 3. The van der Waals surface area contributed by atoms with E-state index in [-0.39, 0.29) is 12.2 Å². The molecule has 0 fully saturated rings. The van der Waals surface area contributed by atoms with Crippen molar-refractivity contribution in [1.82, 2.24) is 9.13 Å². The number of hydrogen-bond donors (Lipinski definition) is 0. The second-order valence-electron chi connectivity index (χ2n) is 9.41. The highest BCUT2D eigenvalue weighted by atomic mass is 32.1. The number of para-hydroxylation sites is 1. The Morgan fingerprint density at radius 3 is 2.56 bits per heavy atom. The van der Waals surface area contributed by atoms with Crippen molar-refractivity contribution in [3.05, 3.63) is 125 Å². The number of thiophene rings is 1. The number of aromatic nitrogens is 2. The molecule has 0 bridgehead atoms. The molecule has 0 N–H and O–H groups in total. The van der Waals surface area contributed by atoms with E-state index in [4.69, 9.17) is 9.73 Å². The van der Waals surface area contributed by atoms with Crippen molar-refractivity contribution in [2.75, 3.05) is 6.61 Å². The van der Waals surface area contributed by atoms with E-state index >= 15 is 0 Å². The number of hydrogen-bond acceptors (Lipinski definition) is 6. The van der Waals surface area contributed by atoms with E-state index in [0.717, 1.165) is 33.6 Å². The first-order valence-corrected chi connectivity index (χ1v) is 14.5. The largest absolute Gasteiger partial charge is 0.463 e. The molecule has 5 aromatic rings. The quantitative estimate of drug-likeness (QED) is 0.273. The molecular formula is C31H27N3O3S2. The van der Waals surface area contributed by atoms with Crippen LogP contribution in [0.1, 0.15) is 41.6 Å². The van der Waals surface area contributed by atoms with E-state index in [1.54, 1.807) is 11.5 Å². The van der Waals surface area contributed by atoms with E-state index in [0.29, 0.717) is 20.6 Å². The van der Waals surface area contributed by atoms with Crippen molar-refractivity contribution in [3.8, 4) is 0 Å². The van der Waals surface area contributed by atoms with Crippen LogP contribution in [0.4, 0.5) is 0 Å². The van der Waals surface area contributed by atoms with Crippen LogP contribution in [0.15, 0.2) is 93.2 Å². The third-order valence-corrected chi connectivity index (χ3v) is 8.98. The Morgan fingerprint density at radius 1 is 1.05 bits per heavy atom. The number of rotatable bonds is 6. The van der Waals surface area contributed by atoms with Gasteiger partial charge in [0.05, 0.1) is 22.4 Å². The summed E-state index contributed by atoms with van der Waals surface area (Å²) in [5, 5.41) is 3.05. The number of esters is 1. The highest BCUT2D eigenvalue weighted by Gasteiger charge is 2.34. The van der Waals surface area contributed by atoms with Crippen LogP contribution in [-0.4, -0.2) is 21.7 Å². The maximum Gasteiger partial charge on any atom is 0.338 e. The molecule has 4 heterocycles. The van der Waals surface area contributed by atoms with E-state index < -0.39 is 12.0 Å². The van der Waals surface area contributed by atoms with E-state index in [1.807, 2.05) is 48.7 Å². The van der Waals surface area contributed by atoms with Gasteiger partial charge in [0.2, 0.25) is 0 Å². The molecule has 6 rings (SSSR count). The number of thiazole rings is 1. The minimum atomic E-state index is -0.567. The molecule has 0 amide bonds. The summed E-state index contributed by atoms with van der Waals surface area (Å²) in [5.41, 5.74) is 5.26. The normalized spacial score (nSPS) is 15.5. The van der Waals surface area contributed by atoms with Crippen molar-refractivity contribution in [2.24, 2.45) is 4.99 Å². The summed E-state index contributed by atoms with van der Waals surface area (Å²) in [6.45, 7) is 6.68. The van der Waals surface area contributed by atoms with Gasteiger partial charge in [-0.15, -0.1) is 11.3 Å². The Morgan fingerprint density at radius 2 is 1.82 bits per heavy atom. The lowest BCUT2D eigenvalue weighted by atomic mass is 10.0. The van der Waals surface area contributed by atoms with Crippen LogP contribution in [0.5, 0.6) is 0 Å². The van der Waals surface area contributed by atoms with Gasteiger partial charge in [0.25, 0.3) is 5.56 Å². The minimum absolute atomic E-state index is 0.161. The highest BCUT2D eigenvalue weighted by Crippen LogP contribution is 2.33. The molecule has 0 spiro atoms. The van der Waals surface area contributed by atoms with Crippen molar-refractivity contribution in [3.63, 3.8) is 0 Å². The number of benzene rings is 2. The van der Waals surface area contributed by atoms with Gasteiger partial charge in [0, 0.05) is 33.6 Å². The van der Waals surface area contributed by atoms with Crippen LogP contribution < -0.4 is 14.9 Å². The average molecular weight is 554 g/mol. The van der Waals surface area contributed by atoms with Gasteiger partial charge in [0.1, 0.15) is 6.04 Å². The third-order valence-electron chi connectivity index (χ3n) is 7.07. The molecule has 1 atom stereocenters. The zero-order valence-corrected chi connectivity index (χ0v) is 23.5. The van der Waals surface area contributed by atoms with Crippen LogP contribution in [0.3, 0.4) is 0 Å². The lowest BCUT2D eigenvalue weighted by Crippen LogP contribution is -2.39. The lowest BCUT2D eigenvalue weighted by Gasteiger charge is -2.23. The predicted molar refractivity (Wildman–Crippen MR) is 157 cm³/mol. The summed E-state index contributed by atoms with van der Waals surface area (Å²) in [6, 6.07) is 22.0. The Labute approximate surface area is 233 Å². The number of fused-ring (bicyclic) bond motifs is 2. The van der Waals surface area contributed by atoms with Gasteiger partial charge >= 0.3 is 5.97 Å². The monoisotopic (exact) mass is 553 g/mol. The lowest BCUT2D eigenvalue weighted by molar-refractivity contribution is -0.139. The fourth-order valence-electron chi connectivity index (χ4n) is 5.25. The molecule has 1 aliphatic heterocycles. The first kappa shape index (κ1) is 25.3. The van der Waals surface area contributed by atoms with E-state index in [1.165, 1.54) is 28.2 Å². The first-order valence-electron chi connectivity index (χ1n) is 12.8. The van der Waals surface area contributed by atoms with Crippen molar-refractivity contribution in [1.29, 1.82) is 0 Å². The molecular weight excluding hydrogens is 526 g/mol. The predicted octanol–water partition coefficient (Wildman–Crippen LogP) is 5.17. The van der Waals surface area contributed by atoms with Crippen molar-refractivity contribution < 1.29 is 9.53 Å². The smallest absolute Gasteiger partial charge is 0.338 e. The maximum atomic E-state index is 14.0. The highest BCUT2D eigenvalue weighted by molar-refractivity contribution is 7.10. The molecule has 0 radical (unpaired) electrons. The molecule has 0 aliphatic carbocycles. The standard InChI is InChI=1S/C31H27N3O3S2/c1-4-37-30(36)27-19(2)32-31-34(28(27)25-15-10-16-38-25)29(35)26(39-31)17-23-20(3)33(18-21-11-6-5-7-12-21)24-14-9-8-13-22(23)24/h5-17,28H,4,18H2,1-3H3/b26-17-/t28-/m0/s1. The van der Waals surface area contributed by atoms with Gasteiger partial charge in [-0.1, -0.05) is 65.9 Å². The Balaban J connectivity index is 1.54. The Kier molecular flexibility index (Phi) is 6.66. The van der Waals surface area contributed by atoms with Crippen LogP contribution in [0, 0.1) is 6.92 Å². The second-order valence-corrected chi connectivity index (χ2v) is 11.4. The van der Waals surface area contributed by atoms with Crippen LogP contribution in [-0.2, 0) is 16.1 Å². The molecule has 39 heavy (non-hydrogen) atoms. The second kappa shape index (κ2) is 10.3. The number of carbonyl (C=O) groups is 1. The minimum Gasteiger partial charge on any atom is -0.463 e. The summed E-state index contributed by atoms with van der Waals surface area (Å²) in [4.78, 5) is 33.2. The summed E-state index contributed by atoms with van der Waals surface area (Å²) in [7, 11) is 0. The molecule has 0 saturated heterocycles. The summed E-state index contributed by atoms with van der Waals surface area (Å²) >= 11 is 2.87. The molecule has 0 saturated carbocycles. The van der Waals surface area contributed by atoms with Crippen LogP contribution in [0.25, 0.3) is 17.0 Å². The third kappa shape index (κ3) is 4.39. The van der Waals surface area contributed by atoms with Gasteiger partial charge < -0.3 is 9.30 Å². The molecule has 1 aliphatic rings. The summed E-state index contributed by atoms with van der Waals surface area (Å²) in [5.74, 6) is -0.439. The summed E-state index contributed by atoms with van der Waals surface area (Å²) < 4.78 is 9.91. The van der Waals surface area contributed by atoms with Crippen LogP contribution >= 0.6 is 22.7 Å². The van der Waals surface area contributed by atoms with Gasteiger partial charge in [-0.2, -0.15) is 0 Å². The van der Waals surface area contributed by atoms with Gasteiger partial charge in [-0.3, -0.25) is 9.36 Å². The van der Waals surface area contributed by atoms with Gasteiger partial charge in [0.15, 0.2) is 4.80 Å². The van der Waals surface area contributed by atoms with E-state index in [9.17, 15) is 9.59 Å². The zero-order valence-electron chi connectivity index (χ0n) is 21.9. The molecule has 8 heteroatoms. The molecule has 6 nitrogen and oxygen atoms in total.